The van der Waals surface area contributed by atoms with Crippen molar-refractivity contribution in [1.82, 2.24) is 0 Å². The number of benzene rings is 1. The van der Waals surface area contributed by atoms with Crippen molar-refractivity contribution >= 4 is 22.0 Å². The van der Waals surface area contributed by atoms with Crippen LogP contribution in [0.5, 0.6) is 5.75 Å². The number of rotatable bonds is 0. The lowest BCUT2D eigenvalue weighted by molar-refractivity contribution is 0.470. The minimum Gasteiger partial charge on any atom is -0.506 e. The average molecular weight is 211 g/mol. The summed E-state index contributed by atoms with van der Waals surface area (Å²) in [6.07, 6.45) is 4.95. The Kier molecular flexibility index (Phi) is 1.50. The van der Waals surface area contributed by atoms with E-state index in [4.69, 9.17) is 0 Å². The van der Waals surface area contributed by atoms with E-state index >= 15 is 0 Å². The standard InChI is InChI=1S/C9H7BrO/c10-8-5-6-2-1-3-7(4-6)9(8)11/h1,3-5,11H,2H2. The Balaban J connectivity index is 2.70. The second-order valence-electron chi connectivity index (χ2n) is 2.62. The zero-order chi connectivity index (χ0) is 7.84. The first-order valence-electron chi connectivity index (χ1n) is 3.45. The van der Waals surface area contributed by atoms with Gasteiger partial charge in [-0.25, -0.2) is 0 Å². The highest BCUT2D eigenvalue weighted by Crippen LogP contribution is 2.32. The molecule has 56 valence electrons. The van der Waals surface area contributed by atoms with E-state index in [2.05, 4.69) is 22.0 Å². The van der Waals surface area contributed by atoms with Gasteiger partial charge in [0, 0.05) is 5.56 Å². The molecule has 0 atom stereocenters. The van der Waals surface area contributed by atoms with E-state index < -0.39 is 0 Å². The van der Waals surface area contributed by atoms with E-state index in [1.807, 2.05) is 18.2 Å². The quantitative estimate of drug-likeness (QED) is 0.699. The Morgan fingerprint density at radius 1 is 1.36 bits per heavy atom. The van der Waals surface area contributed by atoms with E-state index in [-0.39, 0.29) is 0 Å². The van der Waals surface area contributed by atoms with Crippen molar-refractivity contribution in [2.75, 3.05) is 0 Å². The predicted molar refractivity (Wildman–Crippen MR) is 48.5 cm³/mol. The molecular formula is C9H7BrO. The summed E-state index contributed by atoms with van der Waals surface area (Å²) in [5, 5.41) is 9.46. The number of aromatic hydroxyl groups is 1. The van der Waals surface area contributed by atoms with Crippen LogP contribution in [0.4, 0.5) is 0 Å². The number of phenolic OH excluding ortho intramolecular Hbond substituents is 1. The molecule has 0 amide bonds. The first kappa shape index (κ1) is 6.92. The molecule has 0 spiro atoms. The van der Waals surface area contributed by atoms with Gasteiger partial charge < -0.3 is 5.11 Å². The summed E-state index contributed by atoms with van der Waals surface area (Å²) < 4.78 is 0.786. The van der Waals surface area contributed by atoms with Crippen LogP contribution < -0.4 is 0 Å². The molecule has 1 aromatic rings. The van der Waals surface area contributed by atoms with Gasteiger partial charge in [0.2, 0.25) is 0 Å². The highest BCUT2D eigenvalue weighted by Gasteiger charge is 2.07. The van der Waals surface area contributed by atoms with Gasteiger partial charge in [0.05, 0.1) is 4.47 Å². The molecule has 0 saturated heterocycles. The lowest BCUT2D eigenvalue weighted by Gasteiger charge is -2.09. The molecule has 0 aromatic heterocycles. The Bertz CT molecular complexity index is 329. The van der Waals surface area contributed by atoms with E-state index in [1.165, 1.54) is 5.56 Å². The molecule has 1 aromatic carbocycles. The van der Waals surface area contributed by atoms with E-state index in [9.17, 15) is 5.11 Å². The smallest absolute Gasteiger partial charge is 0.136 e. The molecule has 0 unspecified atom stereocenters. The molecule has 0 saturated carbocycles. The zero-order valence-electron chi connectivity index (χ0n) is 5.84. The summed E-state index contributed by atoms with van der Waals surface area (Å²) in [7, 11) is 0. The summed E-state index contributed by atoms with van der Waals surface area (Å²) >= 11 is 3.29. The van der Waals surface area contributed by atoms with Crippen LogP contribution in [0.2, 0.25) is 0 Å². The third-order valence-electron chi connectivity index (χ3n) is 1.80. The number of halogens is 1. The van der Waals surface area contributed by atoms with Crippen LogP contribution in [-0.2, 0) is 6.42 Å². The van der Waals surface area contributed by atoms with Gasteiger partial charge in [-0.15, -0.1) is 0 Å². The number of hydrogen-bond donors (Lipinski definition) is 1. The van der Waals surface area contributed by atoms with Crippen LogP contribution in [0.3, 0.4) is 0 Å². The molecule has 11 heavy (non-hydrogen) atoms. The number of phenols is 1. The van der Waals surface area contributed by atoms with Crippen LogP contribution in [0.25, 0.3) is 6.08 Å². The molecule has 2 bridgehead atoms. The summed E-state index contributed by atoms with van der Waals surface area (Å²) in [6.45, 7) is 0. The molecule has 1 N–H and O–H groups in total. The van der Waals surface area contributed by atoms with Gasteiger partial charge in [0.15, 0.2) is 0 Å². The topological polar surface area (TPSA) is 20.2 Å². The fraction of sp³-hybridized carbons (Fsp3) is 0.111. The van der Waals surface area contributed by atoms with Gasteiger partial charge >= 0.3 is 0 Å². The van der Waals surface area contributed by atoms with Crippen molar-refractivity contribution in [1.29, 1.82) is 0 Å². The Morgan fingerprint density at radius 2 is 2.18 bits per heavy atom. The summed E-state index contributed by atoms with van der Waals surface area (Å²) in [6, 6.07) is 3.95. The van der Waals surface area contributed by atoms with Crippen molar-refractivity contribution in [3.8, 4) is 5.75 Å². The molecule has 0 radical (unpaired) electrons. The molecule has 1 aliphatic carbocycles. The van der Waals surface area contributed by atoms with Gasteiger partial charge in [0.25, 0.3) is 0 Å². The van der Waals surface area contributed by atoms with Crippen LogP contribution in [-0.4, -0.2) is 5.11 Å². The Hall–Kier alpha value is -0.760. The monoisotopic (exact) mass is 210 g/mol. The first-order valence-corrected chi connectivity index (χ1v) is 4.24. The van der Waals surface area contributed by atoms with Crippen LogP contribution in [0, 0.1) is 0 Å². The average Bonchev–Trinajstić information content (AvgIpc) is 2.01. The van der Waals surface area contributed by atoms with E-state index in [0.717, 1.165) is 16.5 Å². The maximum Gasteiger partial charge on any atom is 0.136 e. The number of fused-ring (bicyclic) bond motifs is 2. The highest BCUT2D eigenvalue weighted by molar-refractivity contribution is 9.10. The fourth-order valence-electron chi connectivity index (χ4n) is 1.25. The number of hydrogen-bond acceptors (Lipinski definition) is 1. The maximum absolute atomic E-state index is 9.46. The molecule has 1 nitrogen and oxygen atoms in total. The second kappa shape index (κ2) is 2.38. The van der Waals surface area contributed by atoms with Gasteiger partial charge in [-0.3, -0.25) is 0 Å². The van der Waals surface area contributed by atoms with Crippen LogP contribution in [0.15, 0.2) is 22.7 Å². The van der Waals surface area contributed by atoms with E-state index in [0.29, 0.717) is 5.75 Å². The first-order chi connectivity index (χ1) is 5.27. The molecule has 2 heteroatoms. The van der Waals surface area contributed by atoms with Crippen molar-refractivity contribution in [2.24, 2.45) is 0 Å². The van der Waals surface area contributed by atoms with E-state index in [1.54, 1.807) is 0 Å². The van der Waals surface area contributed by atoms with Crippen LogP contribution in [0.1, 0.15) is 11.1 Å². The lowest BCUT2D eigenvalue weighted by atomic mass is 10.0. The second-order valence-corrected chi connectivity index (χ2v) is 3.48. The SMILES string of the molecule is Oc1c(Br)cc2cc1C=CC2. The zero-order valence-corrected chi connectivity index (χ0v) is 7.43. The molecule has 0 heterocycles. The summed E-state index contributed by atoms with van der Waals surface area (Å²) in [5.41, 5.74) is 2.15. The van der Waals surface area contributed by atoms with Crippen molar-refractivity contribution in [2.45, 2.75) is 6.42 Å². The molecular weight excluding hydrogens is 204 g/mol. The minimum atomic E-state index is 0.338. The van der Waals surface area contributed by atoms with Gasteiger partial charge in [-0.2, -0.15) is 0 Å². The van der Waals surface area contributed by atoms with Gasteiger partial charge in [-0.05, 0) is 40.0 Å². The molecule has 1 aliphatic rings. The minimum absolute atomic E-state index is 0.338. The largest absolute Gasteiger partial charge is 0.506 e. The third-order valence-corrected chi connectivity index (χ3v) is 2.41. The molecule has 2 rings (SSSR count). The third kappa shape index (κ3) is 1.07. The molecule has 0 fully saturated rings. The summed E-state index contributed by atoms with van der Waals surface area (Å²) in [5.74, 6) is 0.338. The summed E-state index contributed by atoms with van der Waals surface area (Å²) in [4.78, 5) is 0. The predicted octanol–water partition coefficient (Wildman–Crippen LogP) is 2.72. The Labute approximate surface area is 73.5 Å². The van der Waals surface area contributed by atoms with Crippen molar-refractivity contribution in [3.63, 3.8) is 0 Å². The van der Waals surface area contributed by atoms with Crippen LogP contribution >= 0.6 is 15.9 Å². The Morgan fingerprint density at radius 3 is 3.00 bits per heavy atom. The van der Waals surface area contributed by atoms with Crippen molar-refractivity contribution in [3.05, 3.63) is 33.8 Å². The maximum atomic E-state index is 9.46. The molecule has 0 aliphatic heterocycles. The fourth-order valence-corrected chi connectivity index (χ4v) is 1.77. The van der Waals surface area contributed by atoms with Crippen molar-refractivity contribution < 1.29 is 5.11 Å². The normalized spacial score (nSPS) is 13.5. The lowest BCUT2D eigenvalue weighted by Crippen LogP contribution is -1.89. The number of allylic oxidation sites excluding steroid dienone is 1. The van der Waals surface area contributed by atoms with Gasteiger partial charge in [-0.1, -0.05) is 12.2 Å². The highest BCUT2D eigenvalue weighted by atomic mass is 79.9. The van der Waals surface area contributed by atoms with Gasteiger partial charge in [0.1, 0.15) is 5.75 Å².